The Bertz CT molecular complexity index is 669. The Labute approximate surface area is 152 Å². The first-order chi connectivity index (χ1) is 11.7. The summed E-state index contributed by atoms with van der Waals surface area (Å²) in [4.78, 5) is 14.5. The van der Waals surface area contributed by atoms with Gasteiger partial charge in [-0.1, -0.05) is 18.2 Å². The summed E-state index contributed by atoms with van der Waals surface area (Å²) in [6.07, 6.45) is 6.47. The second-order valence-corrected chi connectivity index (χ2v) is 8.99. The number of hydrogen-bond acceptors (Lipinski definition) is 3. The second kappa shape index (κ2) is 6.95. The first-order valence-corrected chi connectivity index (χ1v) is 9.43. The van der Waals surface area contributed by atoms with Gasteiger partial charge in [-0.05, 0) is 95.2 Å². The Morgan fingerprint density at radius 1 is 1.24 bits per heavy atom. The van der Waals surface area contributed by atoms with Crippen molar-refractivity contribution >= 4 is 11.5 Å². The van der Waals surface area contributed by atoms with Crippen LogP contribution in [0, 0.1) is 23.2 Å². The molecule has 0 N–H and O–H groups in total. The van der Waals surface area contributed by atoms with Crippen LogP contribution in [-0.4, -0.2) is 31.5 Å². The molecule has 0 aromatic heterocycles. The molecule has 1 aromatic rings. The maximum atomic E-state index is 12.2. The zero-order chi connectivity index (χ0) is 18.2. The van der Waals surface area contributed by atoms with Crippen LogP contribution in [-0.2, 0) is 4.79 Å². The summed E-state index contributed by atoms with van der Waals surface area (Å²) in [5, 5.41) is 0. The summed E-state index contributed by atoms with van der Waals surface area (Å²) < 4.78 is 5.62. The quantitative estimate of drug-likeness (QED) is 0.591. The molecule has 0 spiro atoms. The van der Waals surface area contributed by atoms with Crippen LogP contribution >= 0.6 is 0 Å². The fourth-order valence-electron chi connectivity index (χ4n) is 4.15. The summed E-state index contributed by atoms with van der Waals surface area (Å²) in [7, 11) is 4.31. The Kier molecular flexibility index (Phi) is 5.06. The molecule has 2 bridgehead atoms. The SMILES string of the molecule is CN(C)CC1C(c2cccc(OC(=O)C(C)(C)C)c2)=CC2CCC1C2. The predicted octanol–water partition coefficient (Wildman–Crippen LogP) is 4.63. The van der Waals surface area contributed by atoms with Gasteiger partial charge in [0.2, 0.25) is 0 Å². The number of hydrogen-bond donors (Lipinski definition) is 0. The highest BCUT2D eigenvalue weighted by molar-refractivity contribution is 5.78. The van der Waals surface area contributed by atoms with Crippen molar-refractivity contribution in [2.75, 3.05) is 20.6 Å². The fourth-order valence-corrected chi connectivity index (χ4v) is 4.15. The molecule has 0 saturated heterocycles. The number of carbonyl (C=O) groups excluding carboxylic acids is 1. The molecule has 3 nitrogen and oxygen atoms in total. The number of carbonyl (C=O) groups is 1. The molecule has 2 aliphatic carbocycles. The van der Waals surface area contributed by atoms with Gasteiger partial charge < -0.3 is 9.64 Å². The molecule has 0 radical (unpaired) electrons. The van der Waals surface area contributed by atoms with E-state index < -0.39 is 5.41 Å². The minimum Gasteiger partial charge on any atom is -0.426 e. The minimum atomic E-state index is -0.493. The highest BCUT2D eigenvalue weighted by Crippen LogP contribution is 2.48. The predicted molar refractivity (Wildman–Crippen MR) is 102 cm³/mol. The summed E-state index contributed by atoms with van der Waals surface area (Å²) in [5.74, 6) is 2.54. The zero-order valence-electron chi connectivity index (χ0n) is 16.2. The van der Waals surface area contributed by atoms with Gasteiger partial charge in [-0.2, -0.15) is 0 Å². The average Bonchev–Trinajstić information content (AvgIpc) is 2.92. The maximum Gasteiger partial charge on any atom is 0.316 e. The van der Waals surface area contributed by atoms with Crippen LogP contribution in [0.2, 0.25) is 0 Å². The van der Waals surface area contributed by atoms with Crippen LogP contribution in [0.3, 0.4) is 0 Å². The smallest absolute Gasteiger partial charge is 0.316 e. The van der Waals surface area contributed by atoms with Crippen molar-refractivity contribution in [3.8, 4) is 5.75 Å². The lowest BCUT2D eigenvalue weighted by Gasteiger charge is -2.33. The maximum absolute atomic E-state index is 12.2. The molecule has 136 valence electrons. The molecule has 25 heavy (non-hydrogen) atoms. The van der Waals surface area contributed by atoms with Crippen molar-refractivity contribution in [1.82, 2.24) is 4.90 Å². The lowest BCUT2D eigenvalue weighted by molar-refractivity contribution is -0.142. The summed E-state index contributed by atoms with van der Waals surface area (Å²) in [6.45, 7) is 6.73. The topological polar surface area (TPSA) is 29.5 Å². The minimum absolute atomic E-state index is 0.188. The van der Waals surface area contributed by atoms with Crippen molar-refractivity contribution in [1.29, 1.82) is 0 Å². The summed E-state index contributed by atoms with van der Waals surface area (Å²) in [6, 6.07) is 8.09. The van der Waals surface area contributed by atoms with Crippen molar-refractivity contribution in [3.63, 3.8) is 0 Å². The second-order valence-electron chi connectivity index (χ2n) is 8.99. The Morgan fingerprint density at radius 3 is 2.68 bits per heavy atom. The normalized spacial score (nSPS) is 25.8. The van der Waals surface area contributed by atoms with E-state index in [2.05, 4.69) is 31.1 Å². The van der Waals surface area contributed by atoms with Crippen LogP contribution in [0.1, 0.15) is 45.6 Å². The molecule has 0 amide bonds. The van der Waals surface area contributed by atoms with Crippen molar-refractivity contribution < 1.29 is 9.53 Å². The molecule has 3 unspecified atom stereocenters. The number of allylic oxidation sites excluding steroid dienone is 1. The monoisotopic (exact) mass is 341 g/mol. The van der Waals surface area contributed by atoms with E-state index in [4.69, 9.17) is 4.74 Å². The molecule has 1 saturated carbocycles. The Morgan fingerprint density at radius 2 is 2.00 bits per heavy atom. The highest BCUT2D eigenvalue weighted by Gasteiger charge is 2.37. The highest BCUT2D eigenvalue weighted by atomic mass is 16.5. The van der Waals surface area contributed by atoms with Gasteiger partial charge in [-0.15, -0.1) is 0 Å². The number of benzene rings is 1. The molecule has 3 rings (SSSR count). The van der Waals surface area contributed by atoms with E-state index >= 15 is 0 Å². The molecule has 0 aliphatic heterocycles. The molecular formula is C22H31NO2. The standard InChI is InChI=1S/C22H31NO2/c1-22(2,3)21(24)25-18-8-6-7-16(13-18)19-12-15-9-10-17(11-15)20(19)14-23(4)5/h6-8,12-13,15,17,20H,9-11,14H2,1-5H3. The number of ether oxygens (including phenoxy) is 1. The van der Waals surface area contributed by atoms with E-state index in [1.165, 1.54) is 30.4 Å². The fraction of sp³-hybridized carbons (Fsp3) is 0.591. The summed E-state index contributed by atoms with van der Waals surface area (Å²) >= 11 is 0. The summed E-state index contributed by atoms with van der Waals surface area (Å²) in [5.41, 5.74) is 2.16. The number of fused-ring (bicyclic) bond motifs is 2. The average molecular weight is 341 g/mol. The molecular weight excluding hydrogens is 310 g/mol. The van der Waals surface area contributed by atoms with Gasteiger partial charge in [0.15, 0.2) is 0 Å². The molecule has 3 heteroatoms. The first-order valence-electron chi connectivity index (χ1n) is 9.43. The molecule has 1 fully saturated rings. The molecule has 1 aromatic carbocycles. The molecule has 2 aliphatic rings. The lowest BCUT2D eigenvalue weighted by atomic mass is 9.76. The first kappa shape index (κ1) is 18.2. The van der Waals surface area contributed by atoms with Gasteiger partial charge in [0.05, 0.1) is 5.41 Å². The van der Waals surface area contributed by atoms with Crippen molar-refractivity contribution in [2.24, 2.45) is 23.2 Å². The Balaban J connectivity index is 1.87. The van der Waals surface area contributed by atoms with E-state index in [-0.39, 0.29) is 5.97 Å². The third-order valence-electron chi connectivity index (χ3n) is 5.45. The largest absolute Gasteiger partial charge is 0.426 e. The van der Waals surface area contributed by atoms with Crippen LogP contribution in [0.25, 0.3) is 5.57 Å². The third kappa shape index (κ3) is 4.14. The van der Waals surface area contributed by atoms with Gasteiger partial charge in [-0.3, -0.25) is 4.79 Å². The van der Waals surface area contributed by atoms with Gasteiger partial charge in [-0.25, -0.2) is 0 Å². The van der Waals surface area contributed by atoms with Gasteiger partial charge in [0.25, 0.3) is 0 Å². The number of rotatable bonds is 4. The van der Waals surface area contributed by atoms with E-state index in [1.54, 1.807) is 0 Å². The third-order valence-corrected chi connectivity index (χ3v) is 5.45. The van der Waals surface area contributed by atoms with Gasteiger partial charge >= 0.3 is 5.97 Å². The molecule has 3 atom stereocenters. The van der Waals surface area contributed by atoms with Crippen LogP contribution < -0.4 is 4.74 Å². The van der Waals surface area contributed by atoms with E-state index in [0.29, 0.717) is 11.7 Å². The Hall–Kier alpha value is -1.61. The van der Waals surface area contributed by atoms with Gasteiger partial charge in [0, 0.05) is 6.54 Å². The number of nitrogens with zero attached hydrogens (tertiary/aromatic N) is 1. The number of esters is 1. The van der Waals surface area contributed by atoms with Crippen molar-refractivity contribution in [2.45, 2.75) is 40.0 Å². The lowest BCUT2D eigenvalue weighted by Crippen LogP contribution is -2.29. The van der Waals surface area contributed by atoms with Crippen molar-refractivity contribution in [3.05, 3.63) is 35.9 Å². The van der Waals surface area contributed by atoms with Crippen LogP contribution in [0.15, 0.2) is 30.3 Å². The molecule has 0 heterocycles. The van der Waals surface area contributed by atoms with Gasteiger partial charge in [0.1, 0.15) is 5.75 Å². The van der Waals surface area contributed by atoms with E-state index in [0.717, 1.165) is 18.4 Å². The zero-order valence-corrected chi connectivity index (χ0v) is 16.2. The van der Waals surface area contributed by atoms with E-state index in [9.17, 15) is 4.79 Å². The van der Waals surface area contributed by atoms with E-state index in [1.807, 2.05) is 39.0 Å². The van der Waals surface area contributed by atoms with Crippen LogP contribution in [0.5, 0.6) is 5.75 Å². The van der Waals surface area contributed by atoms with Crippen LogP contribution in [0.4, 0.5) is 0 Å².